The molecule has 2 aromatic carbocycles. The molecule has 0 spiro atoms. The zero-order valence-corrected chi connectivity index (χ0v) is 19.9. The molecule has 0 heterocycles. The summed E-state index contributed by atoms with van der Waals surface area (Å²) < 4.78 is 80.5. The summed E-state index contributed by atoms with van der Waals surface area (Å²) in [5, 5.41) is 10.2. The molecule has 2 atom stereocenters. The number of halogens is 6. The number of likely N-dealkylation sites (N-methyl/N-ethyl adjacent to an activating group) is 1. The molecule has 0 bridgehead atoms. The lowest BCUT2D eigenvalue weighted by Crippen LogP contribution is -2.37. The van der Waals surface area contributed by atoms with E-state index in [0.717, 1.165) is 25.6 Å². The average Bonchev–Trinajstić information content (AvgIpc) is 3.65. The number of benzene rings is 2. The molecule has 1 aliphatic carbocycles. The Labute approximate surface area is 202 Å². The van der Waals surface area contributed by atoms with Crippen molar-refractivity contribution in [2.75, 3.05) is 13.1 Å². The van der Waals surface area contributed by atoms with Crippen molar-refractivity contribution in [3.63, 3.8) is 0 Å². The van der Waals surface area contributed by atoms with Gasteiger partial charge in [-0.1, -0.05) is 43.3 Å². The van der Waals surface area contributed by atoms with E-state index in [1.807, 2.05) is 32.0 Å². The summed E-state index contributed by atoms with van der Waals surface area (Å²) in [6, 6.07) is 14.4. The highest BCUT2D eigenvalue weighted by atomic mass is 19.4. The van der Waals surface area contributed by atoms with E-state index in [1.54, 1.807) is 0 Å². The van der Waals surface area contributed by atoms with Gasteiger partial charge in [0.15, 0.2) is 0 Å². The van der Waals surface area contributed by atoms with E-state index in [1.165, 1.54) is 5.56 Å². The largest absolute Gasteiger partial charge is 0.417 e. The number of rotatable bonds is 10. The van der Waals surface area contributed by atoms with Crippen molar-refractivity contribution in [3.8, 4) is 6.07 Å². The van der Waals surface area contributed by atoms with Crippen LogP contribution in [0.1, 0.15) is 61.8 Å². The fourth-order valence-corrected chi connectivity index (χ4v) is 4.90. The average molecular weight is 497 g/mol. The topological polar surface area (TPSA) is 27.0 Å². The van der Waals surface area contributed by atoms with Crippen molar-refractivity contribution in [1.29, 1.82) is 5.26 Å². The Balaban J connectivity index is 1.83. The molecule has 2 nitrogen and oxygen atoms in total. The summed E-state index contributed by atoms with van der Waals surface area (Å²) in [6.45, 7) is 5.63. The molecule has 35 heavy (non-hydrogen) atoms. The van der Waals surface area contributed by atoms with Crippen LogP contribution < -0.4 is 0 Å². The van der Waals surface area contributed by atoms with Crippen molar-refractivity contribution in [2.24, 2.45) is 5.92 Å². The summed E-state index contributed by atoms with van der Waals surface area (Å²) in [6.07, 6.45) is -7.26. The molecule has 0 N–H and O–H groups in total. The van der Waals surface area contributed by atoms with Crippen LogP contribution in [0.4, 0.5) is 26.3 Å². The molecule has 0 radical (unpaired) electrons. The maximum Gasteiger partial charge on any atom is 0.417 e. The summed E-state index contributed by atoms with van der Waals surface area (Å²) in [4.78, 5) is 2.26. The van der Waals surface area contributed by atoms with Crippen molar-refractivity contribution in [2.45, 2.75) is 69.8 Å². The molecular formula is C27H30F6N2. The van der Waals surface area contributed by atoms with Crippen LogP contribution in [0, 0.1) is 17.2 Å². The van der Waals surface area contributed by atoms with E-state index in [4.69, 9.17) is 0 Å². The van der Waals surface area contributed by atoms with Crippen LogP contribution in [0.15, 0.2) is 48.5 Å². The third-order valence-corrected chi connectivity index (χ3v) is 7.14. The predicted octanol–water partition coefficient (Wildman–Crippen LogP) is 7.63. The lowest BCUT2D eigenvalue weighted by Gasteiger charge is -2.33. The van der Waals surface area contributed by atoms with Crippen molar-refractivity contribution in [1.82, 2.24) is 4.90 Å². The first kappa shape index (κ1) is 27.1. The zero-order chi connectivity index (χ0) is 25.9. The van der Waals surface area contributed by atoms with Crippen LogP contribution >= 0.6 is 0 Å². The monoisotopic (exact) mass is 496 g/mol. The first-order valence-corrected chi connectivity index (χ1v) is 11.9. The van der Waals surface area contributed by atoms with Crippen molar-refractivity contribution < 1.29 is 26.3 Å². The number of hydrogen-bond acceptors (Lipinski definition) is 2. The van der Waals surface area contributed by atoms with Gasteiger partial charge in [-0.15, -0.1) is 0 Å². The Morgan fingerprint density at radius 1 is 0.971 bits per heavy atom. The number of nitriles is 1. The van der Waals surface area contributed by atoms with E-state index in [0.29, 0.717) is 37.8 Å². The van der Waals surface area contributed by atoms with Crippen LogP contribution in [0.3, 0.4) is 0 Å². The second-order valence-corrected chi connectivity index (χ2v) is 9.37. The molecule has 0 amide bonds. The minimum Gasteiger partial charge on any atom is -0.301 e. The molecule has 8 heteroatoms. The first-order valence-electron chi connectivity index (χ1n) is 11.9. The van der Waals surface area contributed by atoms with Gasteiger partial charge in [0.1, 0.15) is 0 Å². The normalized spacial score (nSPS) is 17.1. The number of hydrogen-bond donors (Lipinski definition) is 0. The second kappa shape index (κ2) is 10.6. The van der Waals surface area contributed by atoms with Gasteiger partial charge in [-0.3, -0.25) is 0 Å². The van der Waals surface area contributed by atoms with Gasteiger partial charge in [-0.2, -0.15) is 31.6 Å². The lowest BCUT2D eigenvalue weighted by molar-refractivity contribution is -0.162. The maximum atomic E-state index is 13.6. The van der Waals surface area contributed by atoms with Gasteiger partial charge in [-0.05, 0) is 74.8 Å². The fourth-order valence-electron chi connectivity index (χ4n) is 4.90. The van der Waals surface area contributed by atoms with Crippen molar-refractivity contribution in [3.05, 3.63) is 70.8 Å². The van der Waals surface area contributed by atoms with E-state index >= 15 is 0 Å². The highest BCUT2D eigenvalue weighted by molar-refractivity contribution is 5.43. The Hall–Kier alpha value is -2.53. The maximum absolute atomic E-state index is 13.6. The minimum atomic E-state index is -5.17. The van der Waals surface area contributed by atoms with Gasteiger partial charge in [0.05, 0.1) is 22.6 Å². The number of alkyl halides is 6. The highest BCUT2D eigenvalue weighted by Crippen LogP contribution is 2.52. The van der Waals surface area contributed by atoms with Gasteiger partial charge in [0.25, 0.3) is 0 Å². The summed E-state index contributed by atoms with van der Waals surface area (Å²) in [7, 11) is 0. The van der Waals surface area contributed by atoms with Gasteiger partial charge in [-0.25, -0.2) is 0 Å². The first-order chi connectivity index (χ1) is 16.4. The Morgan fingerprint density at radius 3 is 2.11 bits per heavy atom. The quantitative estimate of drug-likeness (QED) is 0.316. The van der Waals surface area contributed by atoms with Gasteiger partial charge in [0, 0.05) is 12.6 Å². The summed E-state index contributed by atoms with van der Waals surface area (Å²) in [5.74, 6) is -0.156. The van der Waals surface area contributed by atoms with Crippen LogP contribution in [-0.2, 0) is 24.2 Å². The predicted molar refractivity (Wildman–Crippen MR) is 123 cm³/mol. The van der Waals surface area contributed by atoms with Crippen LogP contribution in [-0.4, -0.2) is 24.0 Å². The molecule has 2 aromatic rings. The van der Waals surface area contributed by atoms with E-state index in [2.05, 4.69) is 23.1 Å². The minimum absolute atomic E-state index is 0.0300. The molecule has 3 rings (SSSR count). The SMILES string of the molecule is CCN(CCc1ccccc1)C(C)CCC(C#N)(c1ccc(C(F)(F)F)c(C(F)(F)F)c1)C1CC1. The van der Waals surface area contributed by atoms with E-state index < -0.39 is 28.9 Å². The molecule has 0 aromatic heterocycles. The molecule has 190 valence electrons. The van der Waals surface area contributed by atoms with E-state index in [9.17, 15) is 31.6 Å². The Kier molecular flexibility index (Phi) is 8.21. The second-order valence-electron chi connectivity index (χ2n) is 9.37. The Bertz CT molecular complexity index is 1020. The van der Waals surface area contributed by atoms with Gasteiger partial charge < -0.3 is 4.90 Å². The zero-order valence-electron chi connectivity index (χ0n) is 19.9. The summed E-state index contributed by atoms with van der Waals surface area (Å²) in [5.41, 5.74) is -3.46. The molecule has 1 aliphatic rings. The smallest absolute Gasteiger partial charge is 0.301 e. The number of nitrogens with zero attached hydrogens (tertiary/aromatic N) is 2. The molecule has 0 aliphatic heterocycles. The fraction of sp³-hybridized carbons (Fsp3) is 0.519. The molecule has 1 fully saturated rings. The molecule has 2 unspecified atom stereocenters. The third-order valence-electron chi connectivity index (χ3n) is 7.14. The standard InChI is InChI=1S/C27H30F6N2/c1-3-35(16-14-20-7-5-4-6-8-20)19(2)13-15-25(18-34,21-9-10-21)22-11-12-23(26(28,29)30)24(17-22)27(31,32)33/h4-8,11-12,17,19,21H,3,9-10,13-16H2,1-2H3. The van der Waals surface area contributed by atoms with Crippen molar-refractivity contribution >= 4 is 0 Å². The van der Waals surface area contributed by atoms with Gasteiger partial charge in [0.2, 0.25) is 0 Å². The van der Waals surface area contributed by atoms with E-state index in [-0.39, 0.29) is 17.5 Å². The molecular weight excluding hydrogens is 466 g/mol. The lowest BCUT2D eigenvalue weighted by atomic mass is 9.72. The van der Waals surface area contributed by atoms with Gasteiger partial charge >= 0.3 is 12.4 Å². The highest BCUT2D eigenvalue weighted by Gasteiger charge is 2.49. The Morgan fingerprint density at radius 2 is 1.60 bits per heavy atom. The molecule has 0 saturated heterocycles. The van der Waals surface area contributed by atoms with Crippen LogP contribution in [0.25, 0.3) is 0 Å². The van der Waals surface area contributed by atoms with Crippen LogP contribution in [0.2, 0.25) is 0 Å². The third kappa shape index (κ3) is 6.38. The molecule has 1 saturated carbocycles. The summed E-state index contributed by atoms with van der Waals surface area (Å²) >= 11 is 0. The van der Waals surface area contributed by atoms with Crippen LogP contribution in [0.5, 0.6) is 0 Å².